The summed E-state index contributed by atoms with van der Waals surface area (Å²) in [5, 5.41) is 12.5. The van der Waals surface area contributed by atoms with Crippen molar-refractivity contribution in [2.45, 2.75) is 19.4 Å². The van der Waals surface area contributed by atoms with Gasteiger partial charge in [0.15, 0.2) is 0 Å². The maximum Gasteiger partial charge on any atom is 0.252 e. The predicted molar refractivity (Wildman–Crippen MR) is 65.1 cm³/mol. The number of nitrogens with one attached hydrogen (secondary N) is 1. The number of rotatable bonds is 4. The molecule has 16 heavy (non-hydrogen) atoms. The number of benzene rings is 1. The Morgan fingerprint density at radius 2 is 2.19 bits per heavy atom. The maximum absolute atomic E-state index is 11.7. The molecular formula is C11H13Cl2NO2. The van der Waals surface area contributed by atoms with Gasteiger partial charge in [-0.05, 0) is 18.6 Å². The molecule has 3 nitrogen and oxygen atoms in total. The maximum atomic E-state index is 11.7. The quantitative estimate of drug-likeness (QED) is 0.875. The Hall–Kier alpha value is -0.770. The Kier molecular flexibility index (Phi) is 5.06. The standard InChI is InChI=1S/C11H13Cl2NO2/c1-2-7(15)6-14-11(16)8-4-3-5-9(12)10(8)13/h3-5,7,15H,2,6H2,1H3,(H,14,16). The molecule has 0 radical (unpaired) electrons. The molecule has 1 amide bonds. The van der Waals surface area contributed by atoms with Crippen molar-refractivity contribution < 1.29 is 9.90 Å². The molecule has 1 unspecified atom stereocenters. The van der Waals surface area contributed by atoms with E-state index in [1.54, 1.807) is 18.2 Å². The molecule has 0 fully saturated rings. The van der Waals surface area contributed by atoms with Crippen LogP contribution >= 0.6 is 23.2 Å². The normalized spacial score (nSPS) is 12.2. The number of amides is 1. The molecule has 1 aromatic rings. The van der Waals surface area contributed by atoms with Crippen LogP contribution in [-0.2, 0) is 0 Å². The van der Waals surface area contributed by atoms with E-state index < -0.39 is 6.10 Å². The minimum absolute atomic E-state index is 0.207. The molecule has 0 spiro atoms. The first kappa shape index (κ1) is 13.3. The smallest absolute Gasteiger partial charge is 0.252 e. The molecule has 0 aromatic heterocycles. The molecule has 0 aliphatic carbocycles. The zero-order valence-electron chi connectivity index (χ0n) is 8.84. The first-order valence-corrected chi connectivity index (χ1v) is 5.72. The van der Waals surface area contributed by atoms with Crippen molar-refractivity contribution in [2.75, 3.05) is 6.54 Å². The number of aliphatic hydroxyl groups excluding tert-OH is 1. The highest BCUT2D eigenvalue weighted by atomic mass is 35.5. The Bertz CT molecular complexity index is 382. The number of carbonyl (C=O) groups is 1. The van der Waals surface area contributed by atoms with Crippen LogP contribution in [0.1, 0.15) is 23.7 Å². The lowest BCUT2D eigenvalue weighted by Gasteiger charge is -2.10. The summed E-state index contributed by atoms with van der Waals surface area (Å²) >= 11 is 11.7. The molecule has 0 saturated heterocycles. The van der Waals surface area contributed by atoms with E-state index in [4.69, 9.17) is 23.2 Å². The number of carbonyl (C=O) groups excluding carboxylic acids is 1. The summed E-state index contributed by atoms with van der Waals surface area (Å²) in [5.41, 5.74) is 0.317. The lowest BCUT2D eigenvalue weighted by molar-refractivity contribution is 0.0914. The van der Waals surface area contributed by atoms with Gasteiger partial charge in [0.1, 0.15) is 0 Å². The number of aliphatic hydroxyl groups is 1. The Balaban J connectivity index is 2.70. The van der Waals surface area contributed by atoms with Crippen LogP contribution < -0.4 is 5.32 Å². The van der Waals surface area contributed by atoms with Gasteiger partial charge in [0.2, 0.25) is 0 Å². The van der Waals surface area contributed by atoms with Crippen molar-refractivity contribution in [3.8, 4) is 0 Å². The van der Waals surface area contributed by atoms with E-state index >= 15 is 0 Å². The summed E-state index contributed by atoms with van der Waals surface area (Å²) < 4.78 is 0. The summed E-state index contributed by atoms with van der Waals surface area (Å²) in [4.78, 5) is 11.7. The first-order chi connectivity index (χ1) is 7.56. The third-order valence-electron chi connectivity index (χ3n) is 2.17. The van der Waals surface area contributed by atoms with E-state index in [0.29, 0.717) is 17.0 Å². The Morgan fingerprint density at radius 3 is 2.81 bits per heavy atom. The van der Waals surface area contributed by atoms with Gasteiger partial charge in [-0.2, -0.15) is 0 Å². The summed E-state index contributed by atoms with van der Waals surface area (Å²) in [7, 11) is 0. The van der Waals surface area contributed by atoms with Crippen molar-refractivity contribution in [3.63, 3.8) is 0 Å². The van der Waals surface area contributed by atoms with Crippen LogP contribution in [0.2, 0.25) is 10.0 Å². The molecule has 5 heteroatoms. The lowest BCUT2D eigenvalue weighted by atomic mass is 10.2. The average Bonchev–Trinajstić information content (AvgIpc) is 2.29. The first-order valence-electron chi connectivity index (χ1n) is 4.96. The fraction of sp³-hybridized carbons (Fsp3) is 0.364. The molecule has 1 atom stereocenters. The minimum Gasteiger partial charge on any atom is -0.391 e. The van der Waals surface area contributed by atoms with Crippen LogP contribution in [0.15, 0.2) is 18.2 Å². The van der Waals surface area contributed by atoms with Gasteiger partial charge in [0.25, 0.3) is 5.91 Å². The van der Waals surface area contributed by atoms with Gasteiger partial charge in [-0.1, -0.05) is 36.2 Å². The van der Waals surface area contributed by atoms with Gasteiger partial charge >= 0.3 is 0 Å². The van der Waals surface area contributed by atoms with Crippen LogP contribution in [-0.4, -0.2) is 23.7 Å². The van der Waals surface area contributed by atoms with E-state index in [1.807, 2.05) is 6.92 Å². The Morgan fingerprint density at radius 1 is 1.50 bits per heavy atom. The topological polar surface area (TPSA) is 49.3 Å². The molecule has 0 aliphatic heterocycles. The highest BCUT2D eigenvalue weighted by Crippen LogP contribution is 2.25. The number of hydrogen-bond donors (Lipinski definition) is 2. The molecule has 88 valence electrons. The van der Waals surface area contributed by atoms with Gasteiger partial charge in [-0.15, -0.1) is 0 Å². The second-order valence-corrected chi connectivity index (χ2v) is 4.16. The van der Waals surface area contributed by atoms with Crippen molar-refractivity contribution in [2.24, 2.45) is 0 Å². The van der Waals surface area contributed by atoms with Crippen molar-refractivity contribution in [1.82, 2.24) is 5.32 Å². The molecular weight excluding hydrogens is 249 g/mol. The van der Waals surface area contributed by atoms with Gasteiger partial charge in [-0.25, -0.2) is 0 Å². The van der Waals surface area contributed by atoms with Crippen molar-refractivity contribution in [3.05, 3.63) is 33.8 Å². The highest BCUT2D eigenvalue weighted by Gasteiger charge is 2.13. The zero-order chi connectivity index (χ0) is 12.1. The second kappa shape index (κ2) is 6.09. The Labute approximate surface area is 104 Å². The SMILES string of the molecule is CCC(O)CNC(=O)c1cccc(Cl)c1Cl. The van der Waals surface area contributed by atoms with Gasteiger partial charge in [-0.3, -0.25) is 4.79 Å². The minimum atomic E-state index is -0.540. The largest absolute Gasteiger partial charge is 0.391 e. The van der Waals surface area contributed by atoms with Crippen LogP contribution in [0.5, 0.6) is 0 Å². The van der Waals surface area contributed by atoms with Gasteiger partial charge < -0.3 is 10.4 Å². The number of halogens is 2. The zero-order valence-corrected chi connectivity index (χ0v) is 10.3. The second-order valence-electron chi connectivity index (χ2n) is 3.37. The van der Waals surface area contributed by atoms with Crippen molar-refractivity contribution >= 4 is 29.1 Å². The predicted octanol–water partition coefficient (Wildman–Crippen LogP) is 2.49. The van der Waals surface area contributed by atoms with Crippen LogP contribution in [0.4, 0.5) is 0 Å². The summed E-state index contributed by atoms with van der Waals surface area (Å²) in [6.07, 6.45) is 0.0470. The van der Waals surface area contributed by atoms with Gasteiger partial charge in [0.05, 0.1) is 21.7 Å². The molecule has 1 aromatic carbocycles. The van der Waals surface area contributed by atoms with Crippen LogP contribution in [0, 0.1) is 0 Å². The lowest BCUT2D eigenvalue weighted by Crippen LogP contribution is -2.31. The molecule has 0 bridgehead atoms. The third kappa shape index (κ3) is 3.37. The van der Waals surface area contributed by atoms with E-state index in [0.717, 1.165) is 0 Å². The molecule has 0 heterocycles. The average molecular weight is 262 g/mol. The van der Waals surface area contributed by atoms with Crippen LogP contribution in [0.25, 0.3) is 0 Å². The molecule has 0 aliphatic rings. The monoisotopic (exact) mass is 261 g/mol. The molecule has 1 rings (SSSR count). The molecule has 2 N–H and O–H groups in total. The molecule has 0 saturated carbocycles. The third-order valence-corrected chi connectivity index (χ3v) is 2.98. The summed E-state index contributed by atoms with van der Waals surface area (Å²) in [6.45, 7) is 2.04. The fourth-order valence-electron chi connectivity index (χ4n) is 1.13. The van der Waals surface area contributed by atoms with E-state index in [9.17, 15) is 9.90 Å². The van der Waals surface area contributed by atoms with E-state index in [-0.39, 0.29) is 17.5 Å². The van der Waals surface area contributed by atoms with Gasteiger partial charge in [0, 0.05) is 6.54 Å². The van der Waals surface area contributed by atoms with Crippen LogP contribution in [0.3, 0.4) is 0 Å². The summed E-state index contributed by atoms with van der Waals surface area (Å²) in [6, 6.07) is 4.85. The van der Waals surface area contributed by atoms with Crippen molar-refractivity contribution in [1.29, 1.82) is 0 Å². The summed E-state index contributed by atoms with van der Waals surface area (Å²) in [5.74, 6) is -0.333. The fourth-order valence-corrected chi connectivity index (χ4v) is 1.52. The highest BCUT2D eigenvalue weighted by molar-refractivity contribution is 6.43. The number of hydrogen-bond acceptors (Lipinski definition) is 2. The van der Waals surface area contributed by atoms with E-state index in [1.165, 1.54) is 0 Å². The van der Waals surface area contributed by atoms with E-state index in [2.05, 4.69) is 5.32 Å².